The number of rotatable bonds is 4. The topological polar surface area (TPSA) is 68.2 Å². The van der Waals surface area contributed by atoms with Crippen molar-refractivity contribution in [2.45, 2.75) is 12.6 Å². The van der Waals surface area contributed by atoms with Crippen LogP contribution in [0.2, 0.25) is 0 Å². The van der Waals surface area contributed by atoms with Gasteiger partial charge in [0.1, 0.15) is 6.10 Å². The summed E-state index contributed by atoms with van der Waals surface area (Å²) in [5, 5.41) is 5.96. The molecule has 1 atom stereocenters. The number of imidazole rings is 1. The number of hydrogen-bond donors (Lipinski definition) is 2. The Labute approximate surface area is 94.0 Å². The maximum atomic E-state index is 11.6. The fourth-order valence-electron chi connectivity index (χ4n) is 1.57. The molecule has 1 aliphatic rings. The summed E-state index contributed by atoms with van der Waals surface area (Å²) in [5.74, 6) is -0.0488. The third-order valence-electron chi connectivity index (χ3n) is 2.45. The summed E-state index contributed by atoms with van der Waals surface area (Å²) in [6, 6.07) is 0. The molecular formula is C10H16N4O2. The molecule has 1 aromatic heterocycles. The predicted molar refractivity (Wildman–Crippen MR) is 57.8 cm³/mol. The Morgan fingerprint density at radius 3 is 3.31 bits per heavy atom. The maximum absolute atomic E-state index is 11.6. The fraction of sp³-hybridized carbons (Fsp3) is 0.600. The van der Waals surface area contributed by atoms with Crippen LogP contribution in [0.25, 0.3) is 0 Å². The third kappa shape index (κ3) is 3.04. The lowest BCUT2D eigenvalue weighted by Gasteiger charge is -2.22. The Morgan fingerprint density at radius 1 is 1.69 bits per heavy atom. The molecule has 16 heavy (non-hydrogen) atoms. The molecule has 1 aliphatic heterocycles. The Bertz CT molecular complexity index is 320. The summed E-state index contributed by atoms with van der Waals surface area (Å²) < 4.78 is 7.25. The number of hydrogen-bond acceptors (Lipinski definition) is 4. The number of nitrogens with zero attached hydrogens (tertiary/aromatic N) is 2. The normalized spacial score (nSPS) is 20.6. The number of aromatic nitrogens is 2. The number of ether oxygens (including phenoxy) is 1. The van der Waals surface area contributed by atoms with E-state index >= 15 is 0 Å². The van der Waals surface area contributed by atoms with E-state index in [0.29, 0.717) is 19.7 Å². The molecule has 0 radical (unpaired) electrons. The van der Waals surface area contributed by atoms with Crippen molar-refractivity contribution in [1.82, 2.24) is 20.2 Å². The van der Waals surface area contributed by atoms with Crippen LogP contribution in [0, 0.1) is 0 Å². The van der Waals surface area contributed by atoms with Crippen molar-refractivity contribution in [3.05, 3.63) is 18.7 Å². The molecule has 1 amide bonds. The quantitative estimate of drug-likeness (QED) is 0.687. The number of carbonyl (C=O) groups excluding carboxylic acids is 1. The Hall–Kier alpha value is -1.40. The van der Waals surface area contributed by atoms with Crippen LogP contribution in [-0.2, 0) is 16.1 Å². The van der Waals surface area contributed by atoms with Gasteiger partial charge < -0.3 is 19.9 Å². The zero-order valence-electron chi connectivity index (χ0n) is 9.06. The van der Waals surface area contributed by atoms with E-state index in [0.717, 1.165) is 13.1 Å². The highest BCUT2D eigenvalue weighted by Crippen LogP contribution is 1.95. The first-order valence-corrected chi connectivity index (χ1v) is 5.42. The number of nitrogens with one attached hydrogen (secondary N) is 2. The van der Waals surface area contributed by atoms with E-state index in [4.69, 9.17) is 4.74 Å². The Balaban J connectivity index is 1.67. The van der Waals surface area contributed by atoms with E-state index < -0.39 is 0 Å². The van der Waals surface area contributed by atoms with Gasteiger partial charge in [-0.1, -0.05) is 0 Å². The van der Waals surface area contributed by atoms with Crippen LogP contribution < -0.4 is 10.6 Å². The van der Waals surface area contributed by atoms with Gasteiger partial charge in [-0.3, -0.25) is 4.79 Å². The Morgan fingerprint density at radius 2 is 2.62 bits per heavy atom. The summed E-state index contributed by atoms with van der Waals surface area (Å²) >= 11 is 0. The van der Waals surface area contributed by atoms with Crippen molar-refractivity contribution in [2.24, 2.45) is 0 Å². The minimum absolute atomic E-state index is 0.0488. The molecule has 2 rings (SSSR count). The lowest BCUT2D eigenvalue weighted by Crippen LogP contribution is -2.48. The van der Waals surface area contributed by atoms with E-state index in [1.807, 2.05) is 10.8 Å². The molecule has 6 heteroatoms. The predicted octanol–water partition coefficient (Wildman–Crippen LogP) is -1.01. The van der Waals surface area contributed by atoms with E-state index in [-0.39, 0.29) is 12.0 Å². The molecule has 2 N–H and O–H groups in total. The van der Waals surface area contributed by atoms with E-state index in [9.17, 15) is 4.79 Å². The number of amides is 1. The first-order chi connectivity index (χ1) is 7.86. The van der Waals surface area contributed by atoms with Crippen molar-refractivity contribution < 1.29 is 9.53 Å². The van der Waals surface area contributed by atoms with Gasteiger partial charge in [-0.05, 0) is 0 Å². The van der Waals surface area contributed by atoms with Crippen LogP contribution >= 0.6 is 0 Å². The summed E-state index contributed by atoms with van der Waals surface area (Å²) in [6.07, 6.45) is 4.96. The maximum Gasteiger partial charge on any atom is 0.250 e. The van der Waals surface area contributed by atoms with Gasteiger partial charge in [-0.25, -0.2) is 4.98 Å². The first-order valence-electron chi connectivity index (χ1n) is 5.42. The minimum Gasteiger partial charge on any atom is -0.366 e. The number of carbonyl (C=O) groups is 1. The molecular weight excluding hydrogens is 208 g/mol. The van der Waals surface area contributed by atoms with Crippen LogP contribution in [0.1, 0.15) is 0 Å². The van der Waals surface area contributed by atoms with Crippen molar-refractivity contribution in [3.63, 3.8) is 0 Å². The van der Waals surface area contributed by atoms with Gasteiger partial charge in [0.2, 0.25) is 0 Å². The van der Waals surface area contributed by atoms with Crippen LogP contribution in [0.3, 0.4) is 0 Å². The van der Waals surface area contributed by atoms with Crippen molar-refractivity contribution in [2.75, 3.05) is 26.2 Å². The van der Waals surface area contributed by atoms with E-state index in [2.05, 4.69) is 15.6 Å². The number of morpholine rings is 1. The summed E-state index contributed by atoms with van der Waals surface area (Å²) in [4.78, 5) is 15.6. The van der Waals surface area contributed by atoms with Crippen LogP contribution in [0.15, 0.2) is 18.7 Å². The van der Waals surface area contributed by atoms with Gasteiger partial charge >= 0.3 is 0 Å². The smallest absolute Gasteiger partial charge is 0.250 e. The molecule has 0 bridgehead atoms. The van der Waals surface area contributed by atoms with E-state index in [1.54, 1.807) is 12.5 Å². The molecule has 0 aromatic carbocycles. The van der Waals surface area contributed by atoms with Crippen molar-refractivity contribution in [3.8, 4) is 0 Å². The molecule has 88 valence electrons. The second-order valence-electron chi connectivity index (χ2n) is 3.66. The van der Waals surface area contributed by atoms with Gasteiger partial charge in [-0.15, -0.1) is 0 Å². The first kappa shape index (κ1) is 11.1. The molecule has 0 saturated carbocycles. The SMILES string of the molecule is O=C(NCCn1ccnc1)C1CNCCO1. The second kappa shape index (κ2) is 5.62. The highest BCUT2D eigenvalue weighted by Gasteiger charge is 2.20. The molecule has 1 fully saturated rings. The lowest BCUT2D eigenvalue weighted by atomic mass is 10.3. The summed E-state index contributed by atoms with van der Waals surface area (Å²) in [6.45, 7) is 3.33. The molecule has 2 heterocycles. The monoisotopic (exact) mass is 224 g/mol. The van der Waals surface area contributed by atoms with Crippen molar-refractivity contribution in [1.29, 1.82) is 0 Å². The highest BCUT2D eigenvalue weighted by molar-refractivity contribution is 5.81. The zero-order chi connectivity index (χ0) is 11.2. The Kier molecular flexibility index (Phi) is 3.90. The van der Waals surface area contributed by atoms with Gasteiger partial charge in [0.15, 0.2) is 0 Å². The third-order valence-corrected chi connectivity index (χ3v) is 2.45. The highest BCUT2D eigenvalue weighted by atomic mass is 16.5. The summed E-state index contributed by atoms with van der Waals surface area (Å²) in [7, 11) is 0. The van der Waals surface area contributed by atoms with Crippen LogP contribution in [0.5, 0.6) is 0 Å². The molecule has 0 aliphatic carbocycles. The minimum atomic E-state index is -0.350. The van der Waals surface area contributed by atoms with Gasteiger partial charge in [0.25, 0.3) is 5.91 Å². The fourth-order valence-corrected chi connectivity index (χ4v) is 1.57. The molecule has 6 nitrogen and oxygen atoms in total. The summed E-state index contributed by atoms with van der Waals surface area (Å²) in [5.41, 5.74) is 0. The standard InChI is InChI=1S/C10H16N4O2/c15-10(9-7-11-3-6-16-9)13-2-5-14-4-1-12-8-14/h1,4,8-9,11H,2-3,5-7H2,(H,13,15). The van der Waals surface area contributed by atoms with Crippen molar-refractivity contribution >= 4 is 5.91 Å². The van der Waals surface area contributed by atoms with Crippen LogP contribution in [0.4, 0.5) is 0 Å². The second-order valence-corrected chi connectivity index (χ2v) is 3.66. The largest absolute Gasteiger partial charge is 0.366 e. The van der Waals surface area contributed by atoms with Gasteiger partial charge in [-0.2, -0.15) is 0 Å². The van der Waals surface area contributed by atoms with Gasteiger partial charge in [0.05, 0.1) is 12.9 Å². The molecule has 1 saturated heterocycles. The molecule has 0 spiro atoms. The average molecular weight is 224 g/mol. The van der Waals surface area contributed by atoms with E-state index in [1.165, 1.54) is 0 Å². The zero-order valence-corrected chi connectivity index (χ0v) is 9.06. The average Bonchev–Trinajstić information content (AvgIpc) is 2.83. The van der Waals surface area contributed by atoms with Gasteiger partial charge in [0, 0.05) is 38.6 Å². The molecule has 1 unspecified atom stereocenters. The lowest BCUT2D eigenvalue weighted by molar-refractivity contribution is -0.134. The van der Waals surface area contributed by atoms with Crippen LogP contribution in [-0.4, -0.2) is 47.8 Å². The molecule has 1 aromatic rings.